The fourth-order valence-corrected chi connectivity index (χ4v) is 18.2. The average molecular weight is 2060 g/mol. The van der Waals surface area contributed by atoms with Crippen LogP contribution in [0.5, 0.6) is 0 Å². The Morgan fingerprint density at radius 2 is 0.454 bits per heavy atom. The van der Waals surface area contributed by atoms with Crippen LogP contribution in [0.2, 0.25) is 0 Å². The minimum atomic E-state index is -2.68. The maximum atomic E-state index is 13.4. The molecule has 0 unspecified atom stereocenters. The number of amides is 6. The first-order chi connectivity index (χ1) is 66.6. The van der Waals surface area contributed by atoms with E-state index in [9.17, 15) is 182 Å². The monoisotopic (exact) mass is 2060 g/mol. The Kier molecular flexibility index (Phi) is 41.5. The second kappa shape index (κ2) is 50.6. The lowest BCUT2D eigenvalue weighted by Crippen LogP contribution is -2.71. The molecule has 55 atom stereocenters. The quantitative estimate of drug-likeness (QED) is 0.0275. The fourth-order valence-electron chi connectivity index (χ4n) is 18.2. The van der Waals surface area contributed by atoms with Gasteiger partial charge in [0.15, 0.2) is 75.3 Å². The van der Waals surface area contributed by atoms with Crippen molar-refractivity contribution < 1.29 is 281 Å². The van der Waals surface area contributed by atoms with E-state index in [2.05, 4.69) is 31.9 Å². The summed E-state index contributed by atoms with van der Waals surface area (Å²) in [5.41, 5.74) is 0. The molecule has 11 saturated heterocycles. The Balaban J connectivity index is 0.910. The molecule has 0 bridgehead atoms. The molecule has 11 aliphatic rings. The van der Waals surface area contributed by atoms with Gasteiger partial charge in [0, 0.05) is 41.5 Å². The van der Waals surface area contributed by atoms with Gasteiger partial charge in [-0.25, -0.2) is 4.79 Å². The zero-order chi connectivity index (χ0) is 104. The van der Waals surface area contributed by atoms with Crippen LogP contribution in [-0.2, 0) is 133 Å². The molecular weight excluding hydrogens is 1930 g/mol. The number of carboxylic acid groups (broad SMARTS) is 1. The van der Waals surface area contributed by atoms with Crippen LogP contribution in [0, 0.1) is 0 Å². The molecule has 35 N–H and O–H groups in total. The molecule has 0 radical (unpaired) electrons. The molecular formula is C78H128N6O57. The number of aliphatic carboxylic acids is 1. The summed E-state index contributed by atoms with van der Waals surface area (Å²) in [6.07, 6.45) is -108. The molecule has 0 aromatic rings. The van der Waals surface area contributed by atoms with Crippen LogP contribution in [0.25, 0.3) is 0 Å². The van der Waals surface area contributed by atoms with Gasteiger partial charge < -0.3 is 279 Å². The Labute approximate surface area is 797 Å². The van der Waals surface area contributed by atoms with Crippen molar-refractivity contribution in [2.24, 2.45) is 0 Å². The Morgan fingerprint density at radius 1 is 0.206 bits per heavy atom. The number of carboxylic acids is 1. The zero-order valence-corrected chi connectivity index (χ0v) is 75.7. The number of nitrogens with one attached hydrogen (secondary N) is 6. The minimum absolute atomic E-state index is 0.822. The zero-order valence-electron chi connectivity index (χ0n) is 75.7. The lowest BCUT2D eigenvalue weighted by atomic mass is 9.93. The standard InChI is InChI=1S/C78H128N6O57/c1-17(94)79-33-46(107)57(28(12-90)122-68(33)120)132-70-35(81-19(3)96)49(110)60(31(15-93)128-70)135-76-56(117)63(44(105)32(131-76)16-121-77-65(51(112)40(101)24(8-86)126-77)140-71-36(82-20(4)97)47(108)58(29(13-91)129-71)133-69-34(80-18(2)95)45(106)39(100)23(7-85)123-69)138-78-66(52(113)41(102)25(9-87)127-78)141-72-37(83-21(5)98)48(109)59(30(14-92)130-72)134-73-38(84-22(6)99)61(42(103)26(10-88)124-73)136-75-55(116)62(43(104)27(11-89)125-75)137-74-54(115)50(111)53(114)64(139-74)67(118)119/h23-66,68-78,85-93,100-117,120H,7-16H2,1-6H3,(H,79,94)(H,80,95)(H,81,96)(H,82,97)(H,83,98)(H,84,99)(H,118,119)/t23-,24-,25-,26-,27-,28-,29-,30-,31-,32-,33-,34-,35-,36-,37-,38-,39+,40-,41-,42+,43+,44-,45-,46-,47-,48-,49-,50+,51+,52+,53+,54-,55-,56+,57-,58-,59-,60-,61-,62+,63+,64+,65+,66+,68-,69+,70+,71+,72+,73+,74-,75+,76+,77+,78-/m1/s1. The largest absolute Gasteiger partial charge is 0.479 e. The van der Waals surface area contributed by atoms with Crippen molar-refractivity contribution in [3.8, 4) is 0 Å². The topological polar surface area (TPSA) is 972 Å². The predicted octanol–water partition coefficient (Wildman–Crippen LogP) is -24.0. The highest BCUT2D eigenvalue weighted by Crippen LogP contribution is 2.42. The lowest BCUT2D eigenvalue weighted by molar-refractivity contribution is -0.399. The highest BCUT2D eigenvalue weighted by molar-refractivity contribution is 5.76. The Morgan fingerprint density at radius 3 is 0.837 bits per heavy atom. The van der Waals surface area contributed by atoms with E-state index in [0.29, 0.717) is 0 Å². The number of aliphatic hydroxyl groups is 28. The third-order valence-electron chi connectivity index (χ3n) is 25.4. The normalized spacial score (nSPS) is 47.8. The van der Waals surface area contributed by atoms with Crippen LogP contribution < -0.4 is 31.9 Å². The number of carbonyl (C=O) groups excluding carboxylic acids is 6. The summed E-state index contributed by atoms with van der Waals surface area (Å²) in [6.45, 7) is -6.27. The molecule has 11 heterocycles. The van der Waals surface area contributed by atoms with Crippen molar-refractivity contribution in [1.29, 1.82) is 0 Å². The average Bonchev–Trinajstić information content (AvgIpc) is 0.763. The van der Waals surface area contributed by atoms with E-state index >= 15 is 0 Å². The van der Waals surface area contributed by atoms with Crippen LogP contribution >= 0.6 is 0 Å². The van der Waals surface area contributed by atoms with E-state index < -0.39 is 445 Å². The number of ether oxygens (including phenoxy) is 21. The van der Waals surface area contributed by atoms with Gasteiger partial charge in [-0.05, 0) is 0 Å². The molecule has 141 heavy (non-hydrogen) atoms. The minimum Gasteiger partial charge on any atom is -0.479 e. The Hall–Kier alpha value is -5.67. The molecule has 0 aromatic carbocycles. The summed E-state index contributed by atoms with van der Waals surface area (Å²) in [4.78, 5) is 89.6. The summed E-state index contributed by atoms with van der Waals surface area (Å²) in [5.74, 6) is -7.60. The molecule has 6 amide bonds. The van der Waals surface area contributed by atoms with Gasteiger partial charge in [-0.15, -0.1) is 0 Å². The van der Waals surface area contributed by atoms with Gasteiger partial charge in [0.25, 0.3) is 0 Å². The fraction of sp³-hybridized carbons (Fsp3) is 0.910. The molecule has 0 spiro atoms. The van der Waals surface area contributed by atoms with Gasteiger partial charge in [-0.1, -0.05) is 0 Å². The van der Waals surface area contributed by atoms with E-state index in [1.807, 2.05) is 0 Å². The van der Waals surface area contributed by atoms with E-state index in [1.165, 1.54) is 0 Å². The number of aliphatic hydroxyl groups excluding tert-OH is 28. The van der Waals surface area contributed by atoms with Crippen molar-refractivity contribution in [3.05, 3.63) is 0 Å². The van der Waals surface area contributed by atoms with E-state index in [4.69, 9.17) is 99.5 Å². The van der Waals surface area contributed by atoms with Crippen molar-refractivity contribution in [2.45, 2.75) is 379 Å². The molecule has 0 aromatic heterocycles. The third-order valence-corrected chi connectivity index (χ3v) is 25.4. The van der Waals surface area contributed by atoms with Crippen LogP contribution in [-0.4, -0.2) is 593 Å². The van der Waals surface area contributed by atoms with Gasteiger partial charge in [-0.2, -0.15) is 0 Å². The van der Waals surface area contributed by atoms with E-state index in [-0.39, 0.29) is 0 Å². The molecule has 11 rings (SSSR count). The Bertz CT molecular complexity index is 4010. The molecule has 63 nitrogen and oxygen atoms in total. The van der Waals surface area contributed by atoms with Gasteiger partial charge in [0.05, 0.1) is 66.1 Å². The predicted molar refractivity (Wildman–Crippen MR) is 432 cm³/mol. The van der Waals surface area contributed by atoms with Crippen molar-refractivity contribution in [1.82, 2.24) is 31.9 Å². The van der Waals surface area contributed by atoms with Crippen LogP contribution in [0.15, 0.2) is 0 Å². The number of carbonyl (C=O) groups is 7. The summed E-state index contributed by atoms with van der Waals surface area (Å²) < 4.78 is 126. The third kappa shape index (κ3) is 25.9. The highest BCUT2D eigenvalue weighted by Gasteiger charge is 2.64. The van der Waals surface area contributed by atoms with Crippen LogP contribution in [0.4, 0.5) is 0 Å². The smallest absolute Gasteiger partial charge is 0.335 e. The number of hydrogen-bond acceptors (Lipinski definition) is 56. The van der Waals surface area contributed by atoms with Gasteiger partial charge >= 0.3 is 5.97 Å². The van der Waals surface area contributed by atoms with Crippen molar-refractivity contribution in [2.75, 3.05) is 66.1 Å². The highest BCUT2D eigenvalue weighted by atomic mass is 16.8. The van der Waals surface area contributed by atoms with Crippen LogP contribution in [0.1, 0.15) is 41.5 Å². The molecule has 11 fully saturated rings. The molecule has 11 aliphatic heterocycles. The van der Waals surface area contributed by atoms with Crippen LogP contribution in [0.3, 0.4) is 0 Å². The summed E-state index contributed by atoms with van der Waals surface area (Å²) >= 11 is 0. The van der Waals surface area contributed by atoms with E-state index in [0.717, 1.165) is 41.5 Å². The first-order valence-electron chi connectivity index (χ1n) is 44.6. The molecule has 0 aliphatic carbocycles. The van der Waals surface area contributed by atoms with Crippen molar-refractivity contribution >= 4 is 41.4 Å². The number of rotatable bonds is 37. The van der Waals surface area contributed by atoms with Crippen molar-refractivity contribution in [3.63, 3.8) is 0 Å². The SMILES string of the molecule is CC(=O)N[C@@H]1[C@@H](O)[C@H](O[C@@H]2O[C@H](CO)[C@@H](O[C@@H]3O[C@H](CO[C@H]4O[C@H](CO)[C@@H](O)[C@H](O)[C@@H]4O[C@@H]4O[C@H](CO)[C@@H](O[C@@H]5O[C@H](CO)[C@H](O)[C@H](O)[C@H]5NC(C)=O)[C@H](O)[C@H]4NC(C)=O)[C@@H](O)[C@H](O[C@H]4O[C@H](CO)[C@@H](O)[C@H](O)[C@@H]4O[C@@H]4O[C@H](CO)[C@@H](O[C@@H]5O[C@H](CO)[C@H](O)[C@H](O[C@@H]6O[C@H](CO)[C@H](O)[C@H](O[C@@H]7O[C@H](C(=O)O)[C@@H](O)[C@H](O)[C@H]7O)[C@H]6O)[C@H]5NC(C)=O)[C@H](O)[C@H]4NC(C)=O)[C@@H]3O)[C@H](O)[C@H]2NC(C)=O)[C@@H](CO)O[C@H]1O. The molecule has 812 valence electrons. The van der Waals surface area contributed by atoms with Gasteiger partial charge in [-0.3, -0.25) is 28.8 Å². The second-order valence-corrected chi connectivity index (χ2v) is 35.3. The second-order valence-electron chi connectivity index (χ2n) is 35.3. The van der Waals surface area contributed by atoms with Gasteiger partial charge in [0.2, 0.25) is 35.4 Å². The summed E-state index contributed by atoms with van der Waals surface area (Å²) in [7, 11) is 0. The molecule has 63 heteroatoms. The molecule has 0 saturated carbocycles. The summed E-state index contributed by atoms with van der Waals surface area (Å²) in [5, 5.41) is 341. The van der Waals surface area contributed by atoms with Gasteiger partial charge in [0.1, 0.15) is 262 Å². The van der Waals surface area contributed by atoms with E-state index in [1.54, 1.807) is 0 Å². The number of hydrogen-bond donors (Lipinski definition) is 35. The lowest BCUT2D eigenvalue weighted by Gasteiger charge is -2.51. The first kappa shape index (κ1) is 116. The maximum absolute atomic E-state index is 13.4. The first-order valence-corrected chi connectivity index (χ1v) is 44.6. The summed E-state index contributed by atoms with van der Waals surface area (Å²) in [6, 6.07) is -11.5. The maximum Gasteiger partial charge on any atom is 0.335 e.